The number of fused-ring (bicyclic) bond motifs is 2. The van der Waals surface area contributed by atoms with Crippen LogP contribution < -0.4 is 5.56 Å². The van der Waals surface area contributed by atoms with Crippen molar-refractivity contribution in [3.05, 3.63) is 33.4 Å². The first kappa shape index (κ1) is 12.4. The van der Waals surface area contributed by atoms with Crippen molar-refractivity contribution in [3.8, 4) is 5.75 Å². The van der Waals surface area contributed by atoms with Gasteiger partial charge in [0.1, 0.15) is 6.04 Å². The number of hydroxylamine groups is 3. The van der Waals surface area contributed by atoms with E-state index in [2.05, 4.69) is 0 Å². The molecule has 4 heterocycles. The van der Waals surface area contributed by atoms with Crippen LogP contribution in [0.4, 0.5) is 0 Å². The van der Waals surface area contributed by atoms with E-state index in [1.165, 1.54) is 6.07 Å². The molecular formula is C15H20N2O3. The van der Waals surface area contributed by atoms with Crippen molar-refractivity contribution in [3.63, 3.8) is 0 Å². The maximum Gasteiger partial charge on any atom is 0.292 e. The molecule has 1 aromatic rings. The minimum atomic E-state index is -0.291. The number of hydrogen-bond acceptors (Lipinski definition) is 3. The summed E-state index contributed by atoms with van der Waals surface area (Å²) in [6.45, 7) is 2.08. The molecule has 2 fully saturated rings. The van der Waals surface area contributed by atoms with E-state index < -0.39 is 0 Å². The van der Waals surface area contributed by atoms with Gasteiger partial charge in [-0.25, -0.2) is 0 Å². The molecule has 3 aliphatic heterocycles. The van der Waals surface area contributed by atoms with Gasteiger partial charge in [-0.3, -0.25) is 4.79 Å². The molecule has 0 aromatic carbocycles. The molecule has 0 saturated carbocycles. The van der Waals surface area contributed by atoms with Gasteiger partial charge in [0.15, 0.2) is 5.75 Å². The Kier molecular flexibility index (Phi) is 2.54. The van der Waals surface area contributed by atoms with Crippen molar-refractivity contribution >= 4 is 0 Å². The first-order chi connectivity index (χ1) is 9.60. The van der Waals surface area contributed by atoms with Crippen molar-refractivity contribution in [2.45, 2.75) is 44.2 Å². The molecular weight excluding hydrogens is 256 g/mol. The highest BCUT2D eigenvalue weighted by molar-refractivity contribution is 5.25. The summed E-state index contributed by atoms with van der Waals surface area (Å²) in [5.74, 6) is 0.300. The molecule has 1 unspecified atom stereocenters. The Hall–Kier alpha value is -1.33. The second kappa shape index (κ2) is 4.09. The third kappa shape index (κ3) is 1.53. The highest BCUT2D eigenvalue weighted by atomic mass is 16.5. The zero-order chi connectivity index (χ0) is 13.9. The van der Waals surface area contributed by atoms with Gasteiger partial charge in [-0.05, 0) is 37.8 Å². The molecule has 0 bridgehead atoms. The van der Waals surface area contributed by atoms with E-state index in [1.807, 2.05) is 6.07 Å². The Morgan fingerprint density at radius 3 is 2.80 bits per heavy atom. The average Bonchev–Trinajstić information content (AvgIpc) is 2.43. The fraction of sp³-hybridized carbons (Fsp3) is 0.667. The summed E-state index contributed by atoms with van der Waals surface area (Å²) in [7, 11) is 0. The van der Waals surface area contributed by atoms with Gasteiger partial charge in [-0.1, -0.05) is 0 Å². The van der Waals surface area contributed by atoms with Crippen molar-refractivity contribution in [1.29, 1.82) is 0 Å². The van der Waals surface area contributed by atoms with Gasteiger partial charge in [0.25, 0.3) is 5.56 Å². The summed E-state index contributed by atoms with van der Waals surface area (Å²) in [5.41, 5.74) is 0.676. The minimum absolute atomic E-state index is 0.0512. The number of quaternary nitrogens is 1. The molecule has 5 heteroatoms. The molecule has 20 heavy (non-hydrogen) atoms. The molecule has 5 nitrogen and oxygen atoms in total. The summed E-state index contributed by atoms with van der Waals surface area (Å²) in [6, 6.07) is 3.47. The van der Waals surface area contributed by atoms with E-state index in [-0.39, 0.29) is 27.9 Å². The maximum absolute atomic E-state index is 13.1. The van der Waals surface area contributed by atoms with Crippen molar-refractivity contribution in [1.82, 2.24) is 4.57 Å². The summed E-state index contributed by atoms with van der Waals surface area (Å²) in [6.07, 6.45) is 3.92. The standard InChI is InChI=1S/C15H20N2O3/c18-13-6-5-12-11-4-2-8-17(20)7-1-3-10(14(11)17)9-16(12)15(13)19/h5-6,10-11,14,18H,1-4,7-9H2/t10-,11+,14-,17?/m0/s1. The molecule has 1 aromatic heterocycles. The Balaban J connectivity index is 1.88. The zero-order valence-electron chi connectivity index (χ0n) is 11.5. The lowest BCUT2D eigenvalue weighted by molar-refractivity contribution is -0.922. The third-order valence-electron chi connectivity index (χ3n) is 5.59. The Bertz CT molecular complexity index is 608. The topological polar surface area (TPSA) is 65.3 Å². The van der Waals surface area contributed by atoms with Gasteiger partial charge in [0.05, 0.1) is 19.0 Å². The van der Waals surface area contributed by atoms with Gasteiger partial charge in [0.2, 0.25) is 0 Å². The van der Waals surface area contributed by atoms with E-state index in [1.54, 1.807) is 4.57 Å². The van der Waals surface area contributed by atoms with Gasteiger partial charge in [-0.2, -0.15) is 0 Å². The van der Waals surface area contributed by atoms with Gasteiger partial charge >= 0.3 is 0 Å². The van der Waals surface area contributed by atoms with E-state index in [0.29, 0.717) is 12.5 Å². The average molecular weight is 276 g/mol. The molecule has 0 amide bonds. The smallest absolute Gasteiger partial charge is 0.292 e. The van der Waals surface area contributed by atoms with Crippen LogP contribution in [-0.2, 0) is 6.54 Å². The number of aromatic nitrogens is 1. The van der Waals surface area contributed by atoms with Crippen LogP contribution in [0.3, 0.4) is 0 Å². The number of nitrogens with zero attached hydrogens (tertiary/aromatic N) is 2. The van der Waals surface area contributed by atoms with Crippen molar-refractivity contribution in [2.24, 2.45) is 5.92 Å². The summed E-state index contributed by atoms with van der Waals surface area (Å²) < 4.78 is 1.67. The van der Waals surface area contributed by atoms with Crippen molar-refractivity contribution < 1.29 is 9.75 Å². The lowest BCUT2D eigenvalue weighted by Crippen LogP contribution is -2.65. The van der Waals surface area contributed by atoms with E-state index >= 15 is 0 Å². The zero-order valence-corrected chi connectivity index (χ0v) is 11.5. The highest BCUT2D eigenvalue weighted by Gasteiger charge is 2.50. The largest absolute Gasteiger partial charge is 0.633 e. The number of rotatable bonds is 0. The summed E-state index contributed by atoms with van der Waals surface area (Å²) in [4.78, 5) is 12.2. The lowest BCUT2D eigenvalue weighted by atomic mass is 9.72. The molecule has 108 valence electrons. The fourth-order valence-electron chi connectivity index (χ4n) is 4.84. The van der Waals surface area contributed by atoms with Gasteiger partial charge in [-0.15, -0.1) is 0 Å². The highest BCUT2D eigenvalue weighted by Crippen LogP contribution is 2.47. The van der Waals surface area contributed by atoms with E-state index in [9.17, 15) is 15.1 Å². The van der Waals surface area contributed by atoms with Crippen LogP contribution in [-0.4, -0.2) is 33.5 Å². The maximum atomic E-state index is 13.1. The summed E-state index contributed by atoms with van der Waals surface area (Å²) >= 11 is 0. The predicted molar refractivity (Wildman–Crippen MR) is 74.2 cm³/mol. The van der Waals surface area contributed by atoms with Crippen LogP contribution in [0.1, 0.15) is 37.3 Å². The normalized spacial score (nSPS) is 39.0. The molecule has 0 radical (unpaired) electrons. The Labute approximate surface area is 117 Å². The molecule has 2 saturated heterocycles. The van der Waals surface area contributed by atoms with Crippen LogP contribution in [0.15, 0.2) is 16.9 Å². The van der Waals surface area contributed by atoms with Gasteiger partial charge < -0.3 is 19.5 Å². The van der Waals surface area contributed by atoms with Crippen LogP contribution in [0, 0.1) is 11.1 Å². The SMILES string of the molecule is O=c1c(O)ccc2n1C[C@@H]1CCC[N+]3([O-])CCC[C@H]2[C@H]13. The Morgan fingerprint density at radius 2 is 2.00 bits per heavy atom. The monoisotopic (exact) mass is 276 g/mol. The van der Waals surface area contributed by atoms with Crippen LogP contribution in [0.2, 0.25) is 0 Å². The molecule has 1 N–H and O–H groups in total. The number of hydrogen-bond donors (Lipinski definition) is 1. The predicted octanol–water partition coefficient (Wildman–Crippen LogP) is 1.54. The van der Waals surface area contributed by atoms with E-state index in [4.69, 9.17) is 0 Å². The molecule has 3 aliphatic rings. The molecule has 0 spiro atoms. The van der Waals surface area contributed by atoms with Crippen LogP contribution in [0.25, 0.3) is 0 Å². The third-order valence-corrected chi connectivity index (χ3v) is 5.59. The van der Waals surface area contributed by atoms with Gasteiger partial charge in [0, 0.05) is 18.2 Å². The molecule has 0 aliphatic carbocycles. The fourth-order valence-corrected chi connectivity index (χ4v) is 4.84. The second-order valence-electron chi connectivity index (χ2n) is 6.60. The number of pyridine rings is 1. The van der Waals surface area contributed by atoms with E-state index in [0.717, 1.165) is 44.5 Å². The first-order valence-electron chi connectivity index (χ1n) is 7.61. The van der Waals surface area contributed by atoms with Crippen LogP contribution in [0.5, 0.6) is 5.75 Å². The molecule has 4 rings (SSSR count). The second-order valence-corrected chi connectivity index (χ2v) is 6.60. The quantitative estimate of drug-likeness (QED) is 0.577. The number of piperidine rings is 2. The minimum Gasteiger partial charge on any atom is -0.633 e. The number of aromatic hydroxyl groups is 1. The van der Waals surface area contributed by atoms with Crippen LogP contribution >= 0.6 is 0 Å². The lowest BCUT2D eigenvalue weighted by Gasteiger charge is -2.61. The van der Waals surface area contributed by atoms with Crippen molar-refractivity contribution in [2.75, 3.05) is 13.1 Å². The summed E-state index contributed by atoms with van der Waals surface area (Å²) in [5, 5.41) is 22.7. The molecule has 4 atom stereocenters. The Morgan fingerprint density at radius 1 is 1.25 bits per heavy atom. The first-order valence-corrected chi connectivity index (χ1v) is 7.61.